The molecular weight excluding hydrogens is 314 g/mol. The quantitative estimate of drug-likeness (QED) is 0.812. The number of halogens is 1. The van der Waals surface area contributed by atoms with E-state index >= 15 is 0 Å². The van der Waals surface area contributed by atoms with Crippen molar-refractivity contribution in [3.63, 3.8) is 0 Å². The molecule has 3 heteroatoms. The van der Waals surface area contributed by atoms with Gasteiger partial charge in [-0.2, -0.15) is 0 Å². The highest BCUT2D eigenvalue weighted by atomic mass is 79.9. The van der Waals surface area contributed by atoms with Gasteiger partial charge in [-0.3, -0.25) is 0 Å². The topological polar surface area (TPSA) is 21.3 Å². The summed E-state index contributed by atoms with van der Waals surface area (Å²) in [6, 6.07) is 14.7. The summed E-state index contributed by atoms with van der Waals surface area (Å²) < 4.78 is 6.28. The Hall–Kier alpha value is -1.48. The molecule has 0 spiro atoms. The van der Waals surface area contributed by atoms with E-state index in [9.17, 15) is 0 Å². The van der Waals surface area contributed by atoms with Crippen LogP contribution >= 0.6 is 15.9 Å². The van der Waals surface area contributed by atoms with Gasteiger partial charge in [-0.1, -0.05) is 38.1 Å². The Balaban J connectivity index is 2.04. The molecule has 2 nitrogen and oxygen atoms in total. The van der Waals surface area contributed by atoms with Crippen LogP contribution in [0.2, 0.25) is 0 Å². The molecule has 0 heterocycles. The molecular formula is C17H20BrNO. The standard InChI is InChI=1S/C17H20BrNO/c1-12(2)14-6-4-13(5-7-14)11-19-17-10-15(20-3)8-9-16(17)18/h4-10,12,19H,11H2,1-3H3. The number of methoxy groups -OCH3 is 1. The first-order valence-electron chi connectivity index (χ1n) is 6.76. The second kappa shape index (κ2) is 6.80. The van der Waals surface area contributed by atoms with Crippen molar-refractivity contribution >= 4 is 21.6 Å². The Bertz CT molecular complexity index is 564. The predicted octanol–water partition coefficient (Wildman–Crippen LogP) is 5.19. The Morgan fingerprint density at radius 1 is 1.10 bits per heavy atom. The lowest BCUT2D eigenvalue weighted by molar-refractivity contribution is 0.415. The predicted molar refractivity (Wildman–Crippen MR) is 88.6 cm³/mol. The molecule has 2 aromatic rings. The van der Waals surface area contributed by atoms with Crippen molar-refractivity contribution in [1.29, 1.82) is 0 Å². The third-order valence-electron chi connectivity index (χ3n) is 3.30. The molecule has 0 saturated carbocycles. The number of hydrogen-bond donors (Lipinski definition) is 1. The van der Waals surface area contributed by atoms with Crippen LogP contribution in [0.1, 0.15) is 30.9 Å². The summed E-state index contributed by atoms with van der Waals surface area (Å²) >= 11 is 3.55. The van der Waals surface area contributed by atoms with Gasteiger partial charge in [0.25, 0.3) is 0 Å². The minimum absolute atomic E-state index is 0.574. The molecule has 1 N–H and O–H groups in total. The molecule has 0 aliphatic rings. The summed E-state index contributed by atoms with van der Waals surface area (Å²) in [5.41, 5.74) is 3.68. The number of ether oxygens (including phenoxy) is 1. The molecule has 0 unspecified atom stereocenters. The Morgan fingerprint density at radius 3 is 2.40 bits per heavy atom. The van der Waals surface area contributed by atoms with Crippen molar-refractivity contribution < 1.29 is 4.74 Å². The van der Waals surface area contributed by atoms with Gasteiger partial charge in [0.2, 0.25) is 0 Å². The second-order valence-corrected chi connectivity index (χ2v) is 5.95. The number of hydrogen-bond acceptors (Lipinski definition) is 2. The zero-order valence-electron chi connectivity index (χ0n) is 12.1. The summed E-state index contributed by atoms with van der Waals surface area (Å²) in [6.07, 6.45) is 0. The van der Waals surface area contributed by atoms with Gasteiger partial charge in [-0.05, 0) is 45.1 Å². The van der Waals surface area contributed by atoms with Crippen LogP contribution in [-0.2, 0) is 6.54 Å². The normalized spacial score (nSPS) is 10.7. The van der Waals surface area contributed by atoms with Gasteiger partial charge in [0.15, 0.2) is 0 Å². The van der Waals surface area contributed by atoms with Gasteiger partial charge in [0.1, 0.15) is 5.75 Å². The Labute approximate surface area is 129 Å². The fourth-order valence-corrected chi connectivity index (χ4v) is 2.37. The van der Waals surface area contributed by atoms with E-state index in [2.05, 4.69) is 59.4 Å². The van der Waals surface area contributed by atoms with E-state index in [1.54, 1.807) is 7.11 Å². The van der Waals surface area contributed by atoms with Crippen molar-refractivity contribution in [2.45, 2.75) is 26.3 Å². The molecule has 0 aliphatic carbocycles. The highest BCUT2D eigenvalue weighted by molar-refractivity contribution is 9.10. The van der Waals surface area contributed by atoms with E-state index in [1.165, 1.54) is 11.1 Å². The van der Waals surface area contributed by atoms with Gasteiger partial charge < -0.3 is 10.1 Å². The zero-order chi connectivity index (χ0) is 14.5. The first-order valence-corrected chi connectivity index (χ1v) is 7.55. The maximum absolute atomic E-state index is 5.24. The van der Waals surface area contributed by atoms with Crippen molar-refractivity contribution in [2.24, 2.45) is 0 Å². The van der Waals surface area contributed by atoms with Gasteiger partial charge in [0, 0.05) is 17.1 Å². The molecule has 0 atom stereocenters. The molecule has 20 heavy (non-hydrogen) atoms. The monoisotopic (exact) mass is 333 g/mol. The Kier molecular flexibility index (Phi) is 5.07. The van der Waals surface area contributed by atoms with Crippen LogP contribution in [0.25, 0.3) is 0 Å². The van der Waals surface area contributed by atoms with Crippen LogP contribution < -0.4 is 10.1 Å². The molecule has 0 aliphatic heterocycles. The molecule has 0 saturated heterocycles. The maximum Gasteiger partial charge on any atom is 0.121 e. The summed E-state index contributed by atoms with van der Waals surface area (Å²) in [5, 5.41) is 3.43. The highest BCUT2D eigenvalue weighted by Crippen LogP contribution is 2.27. The van der Waals surface area contributed by atoms with Gasteiger partial charge in [-0.25, -0.2) is 0 Å². The van der Waals surface area contributed by atoms with Crippen LogP contribution in [-0.4, -0.2) is 7.11 Å². The lowest BCUT2D eigenvalue weighted by atomic mass is 10.0. The first-order chi connectivity index (χ1) is 9.60. The average molecular weight is 334 g/mol. The number of nitrogens with one attached hydrogen (secondary N) is 1. The summed E-state index contributed by atoms with van der Waals surface area (Å²) in [6.45, 7) is 5.21. The molecule has 0 aromatic heterocycles. The van der Waals surface area contributed by atoms with Gasteiger partial charge in [0.05, 0.1) is 12.8 Å². The lowest BCUT2D eigenvalue weighted by Gasteiger charge is -2.11. The fourth-order valence-electron chi connectivity index (χ4n) is 1.98. The summed E-state index contributed by atoms with van der Waals surface area (Å²) in [4.78, 5) is 0. The largest absolute Gasteiger partial charge is 0.497 e. The number of anilines is 1. The van der Waals surface area contributed by atoms with E-state index in [0.29, 0.717) is 5.92 Å². The van der Waals surface area contributed by atoms with Crippen molar-refractivity contribution in [3.05, 3.63) is 58.1 Å². The molecule has 0 bridgehead atoms. The molecule has 2 rings (SSSR count). The van der Waals surface area contributed by atoms with Gasteiger partial charge >= 0.3 is 0 Å². The number of rotatable bonds is 5. The zero-order valence-corrected chi connectivity index (χ0v) is 13.7. The third kappa shape index (κ3) is 3.76. The van der Waals surface area contributed by atoms with Crippen molar-refractivity contribution in [2.75, 3.05) is 12.4 Å². The summed E-state index contributed by atoms with van der Waals surface area (Å²) in [7, 11) is 1.68. The highest BCUT2D eigenvalue weighted by Gasteiger charge is 2.03. The van der Waals surface area contributed by atoms with E-state index < -0.39 is 0 Å². The lowest BCUT2D eigenvalue weighted by Crippen LogP contribution is -2.01. The van der Waals surface area contributed by atoms with Crippen LogP contribution in [0.15, 0.2) is 46.9 Å². The maximum atomic E-state index is 5.24. The molecule has 0 radical (unpaired) electrons. The van der Waals surface area contributed by atoms with Crippen molar-refractivity contribution in [1.82, 2.24) is 0 Å². The van der Waals surface area contributed by atoms with Crippen LogP contribution in [0.5, 0.6) is 5.75 Å². The smallest absolute Gasteiger partial charge is 0.121 e. The molecule has 0 fully saturated rings. The molecule has 2 aromatic carbocycles. The minimum atomic E-state index is 0.574. The second-order valence-electron chi connectivity index (χ2n) is 5.10. The average Bonchev–Trinajstić information content (AvgIpc) is 2.47. The van der Waals surface area contributed by atoms with Gasteiger partial charge in [-0.15, -0.1) is 0 Å². The number of benzene rings is 2. The SMILES string of the molecule is COc1ccc(Br)c(NCc2ccc(C(C)C)cc2)c1. The van der Waals surface area contributed by atoms with E-state index in [4.69, 9.17) is 4.74 Å². The fraction of sp³-hybridized carbons (Fsp3) is 0.294. The minimum Gasteiger partial charge on any atom is -0.497 e. The van der Waals surface area contributed by atoms with E-state index in [0.717, 1.165) is 22.5 Å². The Morgan fingerprint density at radius 2 is 1.80 bits per heavy atom. The molecule has 106 valence electrons. The van der Waals surface area contributed by atoms with Crippen molar-refractivity contribution in [3.8, 4) is 5.75 Å². The van der Waals surface area contributed by atoms with E-state index in [-0.39, 0.29) is 0 Å². The van der Waals surface area contributed by atoms with Crippen LogP contribution in [0.3, 0.4) is 0 Å². The molecule has 0 amide bonds. The van der Waals surface area contributed by atoms with Crippen LogP contribution in [0.4, 0.5) is 5.69 Å². The summed E-state index contributed by atoms with van der Waals surface area (Å²) in [5.74, 6) is 1.43. The first kappa shape index (κ1) is 14.9. The third-order valence-corrected chi connectivity index (χ3v) is 3.99. The van der Waals surface area contributed by atoms with Crippen LogP contribution in [0, 0.1) is 0 Å². The van der Waals surface area contributed by atoms with E-state index in [1.807, 2.05) is 18.2 Å².